The number of halogens is 4. The molecule has 0 aromatic carbocycles. The van der Waals surface area contributed by atoms with Crippen molar-refractivity contribution < 1.29 is 17.6 Å². The molecule has 0 aliphatic heterocycles. The average molecular weight is 1810 g/mol. The monoisotopic (exact) mass is 1810 g/mol. The lowest BCUT2D eigenvalue weighted by molar-refractivity contribution is -0.0107. The Morgan fingerprint density at radius 3 is 0.626 bits per heavy atom. The van der Waals surface area contributed by atoms with Gasteiger partial charge in [-0.1, -0.05) is 287 Å². The molecule has 11 saturated carbocycles. The zero-order chi connectivity index (χ0) is 99.7. The van der Waals surface area contributed by atoms with Crippen molar-refractivity contribution in [2.24, 2.45) is 138 Å². The minimum Gasteiger partial charge on any atom is -0.239 e. The summed E-state index contributed by atoms with van der Waals surface area (Å²) in [6, 6.07) is 0. The molecule has 0 amide bonds. The second-order valence-electron chi connectivity index (χ2n) is 58.7. The summed E-state index contributed by atoms with van der Waals surface area (Å²) < 4.78 is 55.4. The van der Waals surface area contributed by atoms with Gasteiger partial charge in [0.25, 0.3) is 0 Å². The van der Waals surface area contributed by atoms with E-state index in [1.54, 1.807) is 142 Å². The van der Waals surface area contributed by atoms with Crippen LogP contribution in [-0.2, 0) is 0 Å². The molecular weight excluding hydrogens is 1600 g/mol. The molecule has 0 N–H and O–H groups in total. The van der Waals surface area contributed by atoms with E-state index < -0.39 is 28.1 Å². The van der Waals surface area contributed by atoms with Gasteiger partial charge in [-0.3, -0.25) is 0 Å². The van der Waals surface area contributed by atoms with E-state index in [1.807, 2.05) is 0 Å². The van der Waals surface area contributed by atoms with Gasteiger partial charge in [-0.05, 0) is 468 Å². The number of allylic oxidation sites excluding steroid dienone is 22. The van der Waals surface area contributed by atoms with Gasteiger partial charge in [-0.25, -0.2) is 17.6 Å². The Balaban J connectivity index is 0.000000131. The minimum absolute atomic E-state index is 0.0810. The lowest BCUT2D eigenvalue weighted by atomic mass is 9.59. The summed E-state index contributed by atoms with van der Waals surface area (Å²) in [4.78, 5) is 0. The van der Waals surface area contributed by atoms with Gasteiger partial charge in [0.05, 0.1) is 0 Å². The molecule has 0 saturated heterocycles. The molecule has 0 aromatic heterocycles. The fourth-order valence-corrected chi connectivity index (χ4v) is 36.2. The van der Waals surface area contributed by atoms with Crippen molar-refractivity contribution in [1.82, 2.24) is 0 Å². The molecule has 25 aliphatic rings. The van der Waals surface area contributed by atoms with Gasteiger partial charge >= 0.3 is 0 Å². The lowest BCUT2D eigenvalue weighted by Gasteiger charge is -2.45. The third kappa shape index (κ3) is 14.9. The molecule has 742 valence electrons. The van der Waals surface area contributed by atoms with Crippen LogP contribution in [0.1, 0.15) is 513 Å². The zero-order valence-electron chi connectivity index (χ0n) is 95.5. The molecule has 11 fully saturated rings. The first kappa shape index (κ1) is 107. The first-order chi connectivity index (χ1) is 58.9. The highest BCUT2D eigenvalue weighted by Crippen LogP contribution is 2.79. The Hall–Kier alpha value is -3.14. The van der Waals surface area contributed by atoms with Crippen molar-refractivity contribution in [3.8, 4) is 0 Å². The molecule has 131 heavy (non-hydrogen) atoms. The predicted octanol–water partition coefficient (Wildman–Crippen LogP) is 40.6. The summed E-state index contributed by atoms with van der Waals surface area (Å²) in [6.07, 6.45) is 33.6. The second kappa shape index (κ2) is 32.4. The smallest absolute Gasteiger partial charge is 0.140 e. The van der Waals surface area contributed by atoms with Crippen molar-refractivity contribution in [3.63, 3.8) is 0 Å². The first-order valence-corrected chi connectivity index (χ1v) is 54.2. The van der Waals surface area contributed by atoms with Crippen molar-refractivity contribution in [1.29, 1.82) is 0 Å². The van der Waals surface area contributed by atoms with Crippen molar-refractivity contribution in [2.75, 3.05) is 0 Å². The predicted molar refractivity (Wildman–Crippen MR) is 561 cm³/mol. The molecular formula is C127H206F4. The van der Waals surface area contributed by atoms with E-state index in [1.165, 1.54) is 148 Å². The number of fused-ring (bicyclic) bond motifs is 16. The molecule has 0 spiro atoms. The molecule has 16 atom stereocenters. The van der Waals surface area contributed by atoms with E-state index in [9.17, 15) is 17.6 Å². The van der Waals surface area contributed by atoms with Gasteiger partial charge in [-0.15, -0.1) is 0 Å². The normalized spacial score (nSPS) is 44.9. The Morgan fingerprint density at radius 1 is 0.198 bits per heavy atom. The molecule has 0 heterocycles. The quantitative estimate of drug-likeness (QED) is 0.168. The highest BCUT2D eigenvalue weighted by atomic mass is 19.2. The SMILES string of the molecule is CC1=C(C)C2(C(C)(C)C)CCC1(C(C)(C)C)C2.CC1=C(C)C2(C(C)(C)C)CCC1(C)C2.CC1=C(C)C2(C(C)(C)C)CCC1C2.CC1=C(C)C2(C)CC1(C)C2.CC1=C(C)C2(C)CCC1(C)C2.CC1=C(C)C2(C)CCC1(C)C2(C)C.CC1=C(C)C2(C)CCC1(C)C2(C)C.CC1=C(C)C2(F)CC1(F)C2.CC1=C(C)C2(F)CCC1(F)C2(C)C.CC1=C(C)C2CC1C2.CC1=C(C)C2CCC1C2. The summed E-state index contributed by atoms with van der Waals surface area (Å²) in [6.45, 7) is 113. The fourth-order valence-electron chi connectivity index (χ4n) is 36.2. The Morgan fingerprint density at radius 2 is 0.458 bits per heavy atom. The van der Waals surface area contributed by atoms with Crippen LogP contribution >= 0.6 is 0 Å². The molecule has 25 aliphatic carbocycles. The average Bonchev–Trinajstić information content (AvgIpc) is 1.50. The van der Waals surface area contributed by atoms with Gasteiger partial charge in [-0.2, -0.15) is 0 Å². The van der Waals surface area contributed by atoms with Crippen LogP contribution in [0.25, 0.3) is 0 Å². The van der Waals surface area contributed by atoms with Gasteiger partial charge < -0.3 is 0 Å². The van der Waals surface area contributed by atoms with Crippen LogP contribution in [0.15, 0.2) is 123 Å². The van der Waals surface area contributed by atoms with Gasteiger partial charge in [0, 0.05) is 18.3 Å². The first-order valence-electron chi connectivity index (χ1n) is 54.2. The van der Waals surface area contributed by atoms with E-state index in [4.69, 9.17) is 0 Å². The Labute approximate surface area is 808 Å². The highest BCUT2D eigenvalue weighted by Gasteiger charge is 2.73. The lowest BCUT2D eigenvalue weighted by Crippen LogP contribution is -2.44. The standard InChI is InChI=1S/C17H30.C14H24.3C13H22.C11H16F2.C11H18.C10H16.C9H14.C8H10F2.C8H12/c1-12-13(2)17(15(6,7)8)10-9-16(12,11-17)14(3,4)5;1-10-11(2)14(12(3,4)5)8-7-13(10,6)9-14;2*1-9-10(2)13(6)8-7-12(9,5)11(13,3)4;1-9-10(2)13(12(3,4)5)7-6-11(9)8-13;1-7-8(2)11(13)6-5-10(7,12)9(11,3)4;1-8-9(2)11(4)6-5-10(8,3)7-11;1-7-8(2)10(4)5-9(7,3)6-10;1-6-7(2)9-4-3-8(6)5-9;1-5-6(2)8(10)3-7(5,9)4-8;1-5-6(2)8-3-7(5)4-8/h9-11H2,1-8H3;7-9H2,1-6H3;2*7-8H2,1-6H3;11H,6-8H2,1-5H3;5-6H2,1-4H3;5-7H2,1-4H3;5-6H2,1-4H3;8-9H,3-5H2,1-2H3;3-4H2,1-2H3;7-8H,3-4H2,1-2H3. The number of rotatable bonds is 0. The van der Waals surface area contributed by atoms with Crippen molar-refractivity contribution >= 4 is 0 Å². The molecule has 0 radical (unpaired) electrons. The van der Waals surface area contributed by atoms with E-state index in [-0.39, 0.29) is 12.8 Å². The van der Waals surface area contributed by atoms with E-state index >= 15 is 0 Å². The van der Waals surface area contributed by atoms with Crippen molar-refractivity contribution in [3.05, 3.63) is 123 Å². The van der Waals surface area contributed by atoms with Crippen LogP contribution in [-0.4, -0.2) is 22.7 Å². The number of alkyl halides is 4. The number of hydrogen-bond acceptors (Lipinski definition) is 0. The Bertz CT molecular complexity index is 4520. The van der Waals surface area contributed by atoms with E-state index in [2.05, 4.69) is 298 Å². The third-order valence-electron chi connectivity index (χ3n) is 51.1. The van der Waals surface area contributed by atoms with E-state index in [0.717, 1.165) is 29.6 Å². The minimum atomic E-state index is -1.40. The largest absolute Gasteiger partial charge is 0.239 e. The van der Waals surface area contributed by atoms with E-state index in [0.29, 0.717) is 138 Å². The molecule has 25 rings (SSSR count). The molecule has 16 unspecified atom stereocenters. The van der Waals surface area contributed by atoms with Crippen LogP contribution in [0.5, 0.6) is 0 Å². The maximum atomic E-state index is 14.5. The fraction of sp³-hybridized carbons (Fsp3) is 0.827. The summed E-state index contributed by atoms with van der Waals surface area (Å²) in [5, 5.41) is 0. The third-order valence-corrected chi connectivity index (χ3v) is 51.1. The van der Waals surface area contributed by atoms with Crippen LogP contribution in [0.4, 0.5) is 17.6 Å². The molecule has 22 bridgehead atoms. The summed E-state index contributed by atoms with van der Waals surface area (Å²) >= 11 is 0. The Kier molecular flexibility index (Phi) is 26.4. The topological polar surface area (TPSA) is 0 Å². The summed E-state index contributed by atoms with van der Waals surface area (Å²) in [5.41, 5.74) is 36.4. The van der Waals surface area contributed by atoms with Crippen LogP contribution in [0.3, 0.4) is 0 Å². The molecule has 4 heteroatoms. The zero-order valence-corrected chi connectivity index (χ0v) is 95.5. The van der Waals surface area contributed by atoms with Gasteiger partial charge in [0.2, 0.25) is 0 Å². The van der Waals surface area contributed by atoms with Gasteiger partial charge in [0.15, 0.2) is 0 Å². The van der Waals surface area contributed by atoms with Gasteiger partial charge in [0.1, 0.15) is 22.7 Å². The van der Waals surface area contributed by atoms with Crippen LogP contribution < -0.4 is 0 Å². The maximum Gasteiger partial charge on any atom is 0.140 e. The van der Waals surface area contributed by atoms with Crippen molar-refractivity contribution in [2.45, 2.75) is 535 Å². The summed E-state index contributed by atoms with van der Waals surface area (Å²) in [7, 11) is 0. The molecule has 0 aromatic rings. The van der Waals surface area contributed by atoms with Crippen LogP contribution in [0.2, 0.25) is 0 Å². The highest BCUT2D eigenvalue weighted by molar-refractivity contribution is 5.50. The second-order valence-corrected chi connectivity index (χ2v) is 58.7. The maximum absolute atomic E-state index is 14.5. The summed E-state index contributed by atoms with van der Waals surface area (Å²) in [5.74, 6) is 4.95. The molecule has 0 nitrogen and oxygen atoms in total. The number of hydrogen-bond donors (Lipinski definition) is 0. The van der Waals surface area contributed by atoms with Crippen LogP contribution in [0, 0.1) is 138 Å².